The molecule has 1 rings (SSSR count). The van der Waals surface area contributed by atoms with Crippen LogP contribution in [0, 0.1) is 0 Å². The van der Waals surface area contributed by atoms with Crippen LogP contribution < -0.4 is 4.90 Å². The molecule has 0 N–H and O–H groups in total. The molecule has 82 valence electrons. The smallest absolute Gasteiger partial charge is 0.162 e. The van der Waals surface area contributed by atoms with E-state index in [1.165, 1.54) is 0 Å². The number of carbonyl (C=O) groups excluding carboxylic acids is 1. The highest BCUT2D eigenvalue weighted by molar-refractivity contribution is 6.01. The third kappa shape index (κ3) is 2.58. The molecular formula is C13H19NO. The molecule has 0 aliphatic heterocycles. The first-order valence-corrected chi connectivity index (χ1v) is 5.38. The van der Waals surface area contributed by atoms with Gasteiger partial charge >= 0.3 is 0 Å². The summed E-state index contributed by atoms with van der Waals surface area (Å²) in [4.78, 5) is 13.6. The minimum absolute atomic E-state index is 0.155. The van der Waals surface area contributed by atoms with Crippen molar-refractivity contribution in [3.8, 4) is 0 Å². The monoisotopic (exact) mass is 205 g/mol. The second-order valence-corrected chi connectivity index (χ2v) is 4.01. The first-order chi connectivity index (χ1) is 7.07. The Labute approximate surface area is 91.9 Å². The maximum absolute atomic E-state index is 11.6. The van der Waals surface area contributed by atoms with Gasteiger partial charge in [0.1, 0.15) is 0 Å². The van der Waals surface area contributed by atoms with E-state index in [1.54, 1.807) is 6.92 Å². The van der Waals surface area contributed by atoms with Gasteiger partial charge in [-0.2, -0.15) is 0 Å². The van der Waals surface area contributed by atoms with Crippen molar-refractivity contribution in [2.24, 2.45) is 0 Å². The van der Waals surface area contributed by atoms with Crippen LogP contribution in [-0.4, -0.2) is 19.9 Å². The van der Waals surface area contributed by atoms with Crippen LogP contribution in [0.2, 0.25) is 0 Å². The van der Waals surface area contributed by atoms with Crippen molar-refractivity contribution < 1.29 is 4.79 Å². The number of Topliss-reactive ketones (excluding diaryl/α,β-unsaturated/α-hetero) is 1. The molecule has 0 atom stereocenters. The average molecular weight is 205 g/mol. The van der Waals surface area contributed by atoms with Crippen molar-refractivity contribution in [3.05, 3.63) is 29.3 Å². The zero-order valence-corrected chi connectivity index (χ0v) is 10.0. The maximum Gasteiger partial charge on any atom is 0.162 e. The first kappa shape index (κ1) is 11.8. The van der Waals surface area contributed by atoms with Gasteiger partial charge in [0.15, 0.2) is 5.78 Å². The molecule has 0 fully saturated rings. The van der Waals surface area contributed by atoms with Gasteiger partial charge in [0.2, 0.25) is 0 Å². The molecule has 0 saturated heterocycles. The summed E-state index contributed by atoms with van der Waals surface area (Å²) < 4.78 is 0. The minimum atomic E-state index is 0.155. The number of carbonyl (C=O) groups is 1. The fourth-order valence-corrected chi connectivity index (χ4v) is 1.84. The predicted octanol–water partition coefficient (Wildman–Crippen LogP) is 2.91. The average Bonchev–Trinajstić information content (AvgIpc) is 2.17. The lowest BCUT2D eigenvalue weighted by atomic mass is 9.98. The standard InChI is InChI=1S/C13H19NO/c1-5-7-11-8-6-9-12(14(3)4)13(11)10(2)15/h6,8-9H,5,7H2,1-4H3. The lowest BCUT2D eigenvalue weighted by molar-refractivity contribution is 0.101. The van der Waals surface area contributed by atoms with Crippen LogP contribution in [0.25, 0.3) is 0 Å². The molecule has 15 heavy (non-hydrogen) atoms. The first-order valence-electron chi connectivity index (χ1n) is 5.38. The zero-order chi connectivity index (χ0) is 11.4. The molecule has 0 amide bonds. The molecule has 0 aromatic heterocycles. The molecular weight excluding hydrogens is 186 g/mol. The number of aryl methyl sites for hydroxylation is 1. The quantitative estimate of drug-likeness (QED) is 0.704. The second kappa shape index (κ2) is 4.96. The Kier molecular flexibility index (Phi) is 3.89. The third-order valence-electron chi connectivity index (χ3n) is 2.48. The van der Waals surface area contributed by atoms with Crippen molar-refractivity contribution in [3.63, 3.8) is 0 Å². The second-order valence-electron chi connectivity index (χ2n) is 4.01. The normalized spacial score (nSPS) is 10.1. The number of nitrogens with zero attached hydrogens (tertiary/aromatic N) is 1. The lowest BCUT2D eigenvalue weighted by Crippen LogP contribution is -2.14. The van der Waals surface area contributed by atoms with Crippen LogP contribution in [0.5, 0.6) is 0 Å². The minimum Gasteiger partial charge on any atom is -0.377 e. The molecule has 0 aliphatic carbocycles. The summed E-state index contributed by atoms with van der Waals surface area (Å²) in [6.45, 7) is 3.77. The van der Waals surface area contributed by atoms with Crippen LogP contribution in [0.4, 0.5) is 5.69 Å². The van der Waals surface area contributed by atoms with Crippen LogP contribution >= 0.6 is 0 Å². The Bertz CT molecular complexity index is 356. The molecule has 2 heteroatoms. The van der Waals surface area contributed by atoms with Crippen molar-refractivity contribution in [2.75, 3.05) is 19.0 Å². The molecule has 0 saturated carbocycles. The lowest BCUT2D eigenvalue weighted by Gasteiger charge is -2.18. The summed E-state index contributed by atoms with van der Waals surface area (Å²) in [7, 11) is 3.94. The van der Waals surface area contributed by atoms with Gasteiger partial charge in [-0.15, -0.1) is 0 Å². The number of anilines is 1. The Morgan fingerprint density at radius 1 is 1.33 bits per heavy atom. The van der Waals surface area contributed by atoms with Crippen LogP contribution in [0.15, 0.2) is 18.2 Å². The summed E-state index contributed by atoms with van der Waals surface area (Å²) in [5, 5.41) is 0. The van der Waals surface area contributed by atoms with E-state index >= 15 is 0 Å². The molecule has 2 nitrogen and oxygen atoms in total. The van der Waals surface area contributed by atoms with E-state index in [-0.39, 0.29) is 5.78 Å². The molecule has 0 radical (unpaired) electrons. The van der Waals surface area contributed by atoms with Gasteiger partial charge in [0.05, 0.1) is 0 Å². The highest BCUT2D eigenvalue weighted by Gasteiger charge is 2.12. The van der Waals surface area contributed by atoms with Crippen molar-refractivity contribution >= 4 is 11.5 Å². The van der Waals surface area contributed by atoms with E-state index in [2.05, 4.69) is 6.92 Å². The van der Waals surface area contributed by atoms with E-state index < -0.39 is 0 Å². The molecule has 1 aromatic rings. The van der Waals surface area contributed by atoms with Gasteiger partial charge < -0.3 is 4.90 Å². The highest BCUT2D eigenvalue weighted by atomic mass is 16.1. The van der Waals surface area contributed by atoms with E-state index in [9.17, 15) is 4.79 Å². The van der Waals surface area contributed by atoms with Crippen molar-refractivity contribution in [2.45, 2.75) is 26.7 Å². The van der Waals surface area contributed by atoms with Gasteiger partial charge in [-0.1, -0.05) is 25.5 Å². The SMILES string of the molecule is CCCc1cccc(N(C)C)c1C(C)=O. The van der Waals surface area contributed by atoms with Crippen LogP contribution in [-0.2, 0) is 6.42 Å². The number of ketones is 1. The zero-order valence-electron chi connectivity index (χ0n) is 10.0. The Morgan fingerprint density at radius 2 is 2.00 bits per heavy atom. The van der Waals surface area contributed by atoms with E-state index in [0.29, 0.717) is 0 Å². The Morgan fingerprint density at radius 3 is 2.47 bits per heavy atom. The number of hydrogen-bond acceptors (Lipinski definition) is 2. The molecule has 0 unspecified atom stereocenters. The van der Waals surface area contributed by atoms with E-state index in [0.717, 1.165) is 29.7 Å². The Balaban J connectivity index is 3.28. The molecule has 1 aromatic carbocycles. The van der Waals surface area contributed by atoms with E-state index in [1.807, 2.05) is 37.2 Å². The maximum atomic E-state index is 11.6. The Hall–Kier alpha value is -1.31. The molecule has 0 bridgehead atoms. The van der Waals surface area contributed by atoms with Gasteiger partial charge in [0.25, 0.3) is 0 Å². The number of hydrogen-bond donors (Lipinski definition) is 0. The van der Waals surface area contributed by atoms with Crippen LogP contribution in [0.3, 0.4) is 0 Å². The predicted molar refractivity (Wildman–Crippen MR) is 64.8 cm³/mol. The summed E-state index contributed by atoms with van der Waals surface area (Å²) in [5.74, 6) is 0.155. The fraction of sp³-hybridized carbons (Fsp3) is 0.462. The van der Waals surface area contributed by atoms with Crippen LogP contribution in [0.1, 0.15) is 36.2 Å². The van der Waals surface area contributed by atoms with Crippen molar-refractivity contribution in [1.29, 1.82) is 0 Å². The topological polar surface area (TPSA) is 20.3 Å². The van der Waals surface area contributed by atoms with Crippen molar-refractivity contribution in [1.82, 2.24) is 0 Å². The number of rotatable bonds is 4. The largest absolute Gasteiger partial charge is 0.377 e. The van der Waals surface area contributed by atoms with Gasteiger partial charge in [-0.3, -0.25) is 4.79 Å². The van der Waals surface area contributed by atoms with E-state index in [4.69, 9.17) is 0 Å². The van der Waals surface area contributed by atoms with Gasteiger partial charge in [-0.25, -0.2) is 0 Å². The third-order valence-corrected chi connectivity index (χ3v) is 2.48. The highest BCUT2D eigenvalue weighted by Crippen LogP contribution is 2.23. The molecule has 0 spiro atoms. The fourth-order valence-electron chi connectivity index (χ4n) is 1.84. The molecule has 0 heterocycles. The van der Waals surface area contributed by atoms with Gasteiger partial charge in [0, 0.05) is 25.3 Å². The molecule has 0 aliphatic rings. The summed E-state index contributed by atoms with van der Waals surface area (Å²) in [6.07, 6.45) is 2.04. The number of benzene rings is 1. The summed E-state index contributed by atoms with van der Waals surface area (Å²) in [5.41, 5.74) is 3.06. The van der Waals surface area contributed by atoms with Gasteiger partial charge in [-0.05, 0) is 25.0 Å². The summed E-state index contributed by atoms with van der Waals surface area (Å²) >= 11 is 0. The summed E-state index contributed by atoms with van der Waals surface area (Å²) in [6, 6.07) is 6.07.